The molecule has 4 aromatic carbocycles. The first-order valence-electron chi connectivity index (χ1n) is 12.1. The minimum atomic E-state index is 0.901. The van der Waals surface area contributed by atoms with Gasteiger partial charge in [0, 0.05) is 34.3 Å². The number of hydrogen-bond donors (Lipinski definition) is 0. The quantitative estimate of drug-likeness (QED) is 0.245. The standard InChI is InChI=1S/C33H19N3/c1-2-7-24-23(6-1)26-8-3-9-27-25(14-15-28(24)31(26)27)30-17-13-21-11-10-20-12-16-29(22-5-4-18-34-19-22)35-32(20)33(21)36-30/h1-19H. The largest absolute Gasteiger partial charge is 0.264 e. The van der Waals surface area contributed by atoms with E-state index in [2.05, 4.69) is 96.0 Å². The lowest BCUT2D eigenvalue weighted by atomic mass is 9.96. The third-order valence-corrected chi connectivity index (χ3v) is 7.30. The second-order valence-electron chi connectivity index (χ2n) is 9.28. The predicted molar refractivity (Wildman–Crippen MR) is 148 cm³/mol. The highest BCUT2D eigenvalue weighted by atomic mass is 14.8. The minimum Gasteiger partial charge on any atom is -0.264 e. The van der Waals surface area contributed by atoms with Gasteiger partial charge in [-0.1, -0.05) is 78.9 Å². The highest BCUT2D eigenvalue weighted by Gasteiger charge is 2.22. The molecule has 7 aromatic rings. The maximum Gasteiger partial charge on any atom is 0.0972 e. The minimum absolute atomic E-state index is 0.901. The zero-order chi connectivity index (χ0) is 23.6. The van der Waals surface area contributed by atoms with Crippen LogP contribution in [0.4, 0.5) is 0 Å². The van der Waals surface area contributed by atoms with Crippen LogP contribution in [0.3, 0.4) is 0 Å². The van der Waals surface area contributed by atoms with Crippen LogP contribution >= 0.6 is 0 Å². The highest BCUT2D eigenvalue weighted by Crippen LogP contribution is 2.49. The van der Waals surface area contributed by atoms with Crippen LogP contribution < -0.4 is 0 Å². The van der Waals surface area contributed by atoms with Gasteiger partial charge in [0.05, 0.1) is 22.4 Å². The van der Waals surface area contributed by atoms with Crippen molar-refractivity contribution in [2.45, 2.75) is 0 Å². The van der Waals surface area contributed by atoms with E-state index in [-0.39, 0.29) is 0 Å². The maximum atomic E-state index is 5.21. The Bertz CT molecular complexity index is 1960. The summed E-state index contributed by atoms with van der Waals surface area (Å²) >= 11 is 0. The molecular weight excluding hydrogens is 438 g/mol. The first-order valence-corrected chi connectivity index (χ1v) is 12.1. The van der Waals surface area contributed by atoms with Gasteiger partial charge in [-0.3, -0.25) is 4.98 Å². The fourth-order valence-electron chi connectivity index (χ4n) is 5.62. The summed E-state index contributed by atoms with van der Waals surface area (Å²) < 4.78 is 0. The van der Waals surface area contributed by atoms with E-state index >= 15 is 0 Å². The molecule has 166 valence electrons. The molecule has 36 heavy (non-hydrogen) atoms. The molecule has 8 rings (SSSR count). The summed E-state index contributed by atoms with van der Waals surface area (Å²) in [6.45, 7) is 0. The Hall–Kier alpha value is -4.89. The van der Waals surface area contributed by atoms with E-state index in [1.165, 1.54) is 33.0 Å². The van der Waals surface area contributed by atoms with Crippen LogP contribution in [-0.2, 0) is 0 Å². The van der Waals surface area contributed by atoms with E-state index in [0.29, 0.717) is 0 Å². The average molecular weight is 458 g/mol. The molecule has 0 aliphatic heterocycles. The van der Waals surface area contributed by atoms with E-state index < -0.39 is 0 Å². The summed E-state index contributed by atoms with van der Waals surface area (Å²) in [6, 6.07) is 36.4. The number of benzene rings is 4. The molecule has 0 radical (unpaired) electrons. The maximum absolute atomic E-state index is 5.21. The molecule has 1 aliphatic rings. The molecule has 3 nitrogen and oxygen atoms in total. The number of rotatable bonds is 2. The van der Waals surface area contributed by atoms with Gasteiger partial charge in [0.25, 0.3) is 0 Å². The zero-order valence-electron chi connectivity index (χ0n) is 19.3. The van der Waals surface area contributed by atoms with Crippen LogP contribution in [0.25, 0.3) is 77.3 Å². The fourth-order valence-corrected chi connectivity index (χ4v) is 5.62. The molecule has 1 aliphatic carbocycles. The second kappa shape index (κ2) is 7.30. The predicted octanol–water partition coefficient (Wildman–Crippen LogP) is 8.31. The number of pyridine rings is 3. The van der Waals surface area contributed by atoms with Crippen molar-refractivity contribution in [2.75, 3.05) is 0 Å². The summed E-state index contributed by atoms with van der Waals surface area (Å²) in [4.78, 5) is 14.5. The van der Waals surface area contributed by atoms with E-state index in [1.54, 1.807) is 6.20 Å². The summed E-state index contributed by atoms with van der Waals surface area (Å²) in [6.07, 6.45) is 3.63. The van der Waals surface area contributed by atoms with Gasteiger partial charge in [-0.15, -0.1) is 0 Å². The Morgan fingerprint density at radius 3 is 1.83 bits per heavy atom. The monoisotopic (exact) mass is 457 g/mol. The molecule has 0 N–H and O–H groups in total. The van der Waals surface area contributed by atoms with Crippen LogP contribution in [0.15, 0.2) is 116 Å². The van der Waals surface area contributed by atoms with Gasteiger partial charge >= 0.3 is 0 Å². The first kappa shape index (κ1) is 19.4. The average Bonchev–Trinajstić information content (AvgIpc) is 3.28. The van der Waals surface area contributed by atoms with Gasteiger partial charge in [-0.25, -0.2) is 9.97 Å². The van der Waals surface area contributed by atoms with E-state index in [1.807, 2.05) is 18.3 Å². The normalized spacial score (nSPS) is 11.9. The molecule has 3 heteroatoms. The molecule has 0 unspecified atom stereocenters. The van der Waals surface area contributed by atoms with Gasteiger partial charge < -0.3 is 0 Å². The number of hydrogen-bond acceptors (Lipinski definition) is 3. The molecule has 0 atom stereocenters. The van der Waals surface area contributed by atoms with Crippen LogP contribution in [0, 0.1) is 0 Å². The Morgan fingerprint density at radius 2 is 1.08 bits per heavy atom. The van der Waals surface area contributed by atoms with E-state index in [4.69, 9.17) is 9.97 Å². The highest BCUT2D eigenvalue weighted by molar-refractivity contribution is 6.18. The molecule has 3 aromatic heterocycles. The van der Waals surface area contributed by atoms with Crippen molar-refractivity contribution in [3.05, 3.63) is 116 Å². The summed E-state index contributed by atoms with van der Waals surface area (Å²) in [5.74, 6) is 0. The van der Waals surface area contributed by atoms with Gasteiger partial charge in [-0.2, -0.15) is 0 Å². The molecule has 0 bridgehead atoms. The lowest BCUT2D eigenvalue weighted by Crippen LogP contribution is -1.92. The topological polar surface area (TPSA) is 38.7 Å². The smallest absolute Gasteiger partial charge is 0.0972 e. The van der Waals surface area contributed by atoms with Crippen molar-refractivity contribution in [1.82, 2.24) is 15.0 Å². The van der Waals surface area contributed by atoms with E-state index in [0.717, 1.165) is 44.3 Å². The summed E-state index contributed by atoms with van der Waals surface area (Å²) in [7, 11) is 0. The summed E-state index contributed by atoms with van der Waals surface area (Å²) in [5, 5.41) is 4.71. The van der Waals surface area contributed by atoms with Crippen molar-refractivity contribution < 1.29 is 0 Å². The zero-order valence-corrected chi connectivity index (χ0v) is 19.3. The number of aromatic nitrogens is 3. The van der Waals surface area contributed by atoms with Crippen molar-refractivity contribution in [3.8, 4) is 44.8 Å². The van der Waals surface area contributed by atoms with Gasteiger partial charge in [0.1, 0.15) is 0 Å². The lowest BCUT2D eigenvalue weighted by molar-refractivity contribution is 1.30. The Morgan fingerprint density at radius 1 is 0.444 bits per heavy atom. The third kappa shape index (κ3) is 2.71. The van der Waals surface area contributed by atoms with Crippen LogP contribution in [0.5, 0.6) is 0 Å². The first-order chi connectivity index (χ1) is 17.8. The Balaban J connectivity index is 1.37. The number of nitrogens with zero attached hydrogens (tertiary/aromatic N) is 3. The molecule has 3 heterocycles. The van der Waals surface area contributed by atoms with Crippen molar-refractivity contribution >= 4 is 32.6 Å². The van der Waals surface area contributed by atoms with Crippen LogP contribution in [-0.4, -0.2) is 15.0 Å². The molecule has 0 spiro atoms. The van der Waals surface area contributed by atoms with E-state index in [9.17, 15) is 0 Å². The number of fused-ring (bicyclic) bond motifs is 6. The third-order valence-electron chi connectivity index (χ3n) is 7.30. The Kier molecular flexibility index (Phi) is 3.94. The Labute approximate surface area is 207 Å². The molecule has 0 fully saturated rings. The fraction of sp³-hybridized carbons (Fsp3) is 0. The van der Waals surface area contributed by atoms with Crippen molar-refractivity contribution in [1.29, 1.82) is 0 Å². The SMILES string of the molecule is c1cncc(-c2ccc3ccc4ccc(-c5ccc6c7c(cccc57)-c5ccccc5-6)nc4c3n2)c1. The molecule has 0 saturated carbocycles. The van der Waals surface area contributed by atoms with Crippen LogP contribution in [0.1, 0.15) is 0 Å². The van der Waals surface area contributed by atoms with Crippen molar-refractivity contribution in [2.24, 2.45) is 0 Å². The van der Waals surface area contributed by atoms with Crippen molar-refractivity contribution in [3.63, 3.8) is 0 Å². The summed E-state index contributed by atoms with van der Waals surface area (Å²) in [5.41, 5.74) is 11.0. The lowest BCUT2D eigenvalue weighted by Gasteiger charge is -2.11. The second-order valence-corrected chi connectivity index (χ2v) is 9.28. The van der Waals surface area contributed by atoms with Gasteiger partial charge in [-0.05, 0) is 57.3 Å². The van der Waals surface area contributed by atoms with Gasteiger partial charge in [0.15, 0.2) is 0 Å². The molecule has 0 saturated heterocycles. The molecular formula is C33H19N3. The molecule has 0 amide bonds. The van der Waals surface area contributed by atoms with Gasteiger partial charge in [0.2, 0.25) is 0 Å². The van der Waals surface area contributed by atoms with Crippen LogP contribution in [0.2, 0.25) is 0 Å².